The van der Waals surface area contributed by atoms with E-state index in [0.717, 1.165) is 38.5 Å². The number of hydrogen-bond acceptors (Lipinski definition) is 2. The molecule has 4 heteroatoms. The van der Waals surface area contributed by atoms with Gasteiger partial charge in [-0.3, -0.25) is 0 Å². The third kappa shape index (κ3) is 8.98. The molecular formula is C13H26N2O2. The molecule has 0 heterocycles. The maximum absolute atomic E-state index is 11.3. The van der Waals surface area contributed by atoms with Crippen LogP contribution in [0, 0.1) is 11.8 Å². The van der Waals surface area contributed by atoms with Crippen LogP contribution in [0.2, 0.25) is 0 Å². The highest BCUT2D eigenvalue weighted by Gasteiger charge is 2.20. The molecule has 0 bridgehead atoms. The molecule has 0 aromatic carbocycles. The van der Waals surface area contributed by atoms with E-state index in [4.69, 9.17) is 4.74 Å². The molecule has 0 aromatic heterocycles. The quantitative estimate of drug-likeness (QED) is 0.609. The number of nitrogens with one attached hydrogen (secondary N) is 2. The molecule has 1 aliphatic carbocycles. The lowest BCUT2D eigenvalue weighted by atomic mass is 10.1. The van der Waals surface area contributed by atoms with Gasteiger partial charge in [0.05, 0.1) is 0 Å². The molecule has 2 N–H and O–H groups in total. The van der Waals surface area contributed by atoms with E-state index in [0.29, 0.717) is 12.5 Å². The summed E-state index contributed by atoms with van der Waals surface area (Å²) in [5, 5.41) is 5.67. The Morgan fingerprint density at radius 2 is 2.00 bits per heavy atom. The topological polar surface area (TPSA) is 50.4 Å². The van der Waals surface area contributed by atoms with E-state index in [1.807, 2.05) is 0 Å². The third-order valence-corrected chi connectivity index (χ3v) is 2.81. The lowest BCUT2D eigenvalue weighted by Gasteiger charge is -2.09. The normalized spacial score (nSPS) is 15.0. The van der Waals surface area contributed by atoms with Gasteiger partial charge in [0.25, 0.3) is 0 Å². The molecule has 100 valence electrons. The minimum absolute atomic E-state index is 0.0622. The summed E-state index contributed by atoms with van der Waals surface area (Å²) in [4.78, 5) is 11.3. The van der Waals surface area contributed by atoms with Gasteiger partial charge in [-0.15, -0.1) is 0 Å². The second kappa shape index (κ2) is 8.34. The maximum Gasteiger partial charge on any atom is 0.314 e. The van der Waals surface area contributed by atoms with Gasteiger partial charge in [0.2, 0.25) is 0 Å². The van der Waals surface area contributed by atoms with Gasteiger partial charge in [-0.1, -0.05) is 13.8 Å². The van der Waals surface area contributed by atoms with E-state index < -0.39 is 0 Å². The standard InChI is InChI=1S/C13H26N2O2/c1-11(2)6-8-15-13(16)14-7-3-9-17-10-12-4-5-12/h11-12H,3-10H2,1-2H3,(H2,14,15,16). The number of amides is 2. The average Bonchev–Trinajstić information content (AvgIpc) is 3.06. The van der Waals surface area contributed by atoms with Crippen molar-refractivity contribution in [2.75, 3.05) is 26.3 Å². The van der Waals surface area contributed by atoms with Crippen molar-refractivity contribution in [3.8, 4) is 0 Å². The predicted molar refractivity (Wildman–Crippen MR) is 69.0 cm³/mol. The maximum atomic E-state index is 11.3. The number of ether oxygens (including phenoxy) is 1. The predicted octanol–water partition coefficient (Wildman–Crippen LogP) is 2.15. The molecule has 4 nitrogen and oxygen atoms in total. The summed E-state index contributed by atoms with van der Waals surface area (Å²) in [7, 11) is 0. The fourth-order valence-electron chi connectivity index (χ4n) is 1.45. The molecule has 0 radical (unpaired) electrons. The van der Waals surface area contributed by atoms with Crippen LogP contribution in [0.3, 0.4) is 0 Å². The number of urea groups is 1. The summed E-state index contributed by atoms with van der Waals surface area (Å²) in [5.41, 5.74) is 0. The lowest BCUT2D eigenvalue weighted by Crippen LogP contribution is -2.37. The largest absolute Gasteiger partial charge is 0.381 e. The van der Waals surface area contributed by atoms with Gasteiger partial charge in [-0.2, -0.15) is 0 Å². The molecule has 0 aromatic rings. The fraction of sp³-hybridized carbons (Fsp3) is 0.923. The molecule has 0 aliphatic heterocycles. The lowest BCUT2D eigenvalue weighted by molar-refractivity contribution is 0.122. The van der Waals surface area contributed by atoms with E-state index in [-0.39, 0.29) is 6.03 Å². The van der Waals surface area contributed by atoms with Crippen molar-refractivity contribution in [3.63, 3.8) is 0 Å². The first-order valence-electron chi connectivity index (χ1n) is 6.78. The van der Waals surface area contributed by atoms with Gasteiger partial charge in [0, 0.05) is 26.3 Å². The first-order chi connectivity index (χ1) is 8.18. The molecule has 1 fully saturated rings. The Bertz CT molecular complexity index is 215. The number of carbonyl (C=O) groups is 1. The van der Waals surface area contributed by atoms with Gasteiger partial charge in [0.15, 0.2) is 0 Å². The van der Waals surface area contributed by atoms with Crippen molar-refractivity contribution in [2.24, 2.45) is 11.8 Å². The smallest absolute Gasteiger partial charge is 0.314 e. The molecule has 0 atom stereocenters. The highest BCUT2D eigenvalue weighted by molar-refractivity contribution is 5.73. The molecular weight excluding hydrogens is 216 g/mol. The van der Waals surface area contributed by atoms with Crippen LogP contribution in [0.15, 0.2) is 0 Å². The van der Waals surface area contributed by atoms with Gasteiger partial charge in [-0.25, -0.2) is 4.79 Å². The zero-order valence-electron chi connectivity index (χ0n) is 11.1. The van der Waals surface area contributed by atoms with Crippen LogP contribution in [-0.2, 0) is 4.74 Å². The van der Waals surface area contributed by atoms with E-state index in [9.17, 15) is 4.79 Å². The van der Waals surface area contributed by atoms with Crippen LogP contribution < -0.4 is 10.6 Å². The van der Waals surface area contributed by atoms with Crippen LogP contribution in [0.5, 0.6) is 0 Å². The Balaban J connectivity index is 1.79. The van der Waals surface area contributed by atoms with Gasteiger partial charge < -0.3 is 15.4 Å². The fourth-order valence-corrected chi connectivity index (χ4v) is 1.45. The van der Waals surface area contributed by atoms with Gasteiger partial charge >= 0.3 is 6.03 Å². The van der Waals surface area contributed by atoms with E-state index in [2.05, 4.69) is 24.5 Å². The van der Waals surface area contributed by atoms with Crippen LogP contribution >= 0.6 is 0 Å². The number of rotatable bonds is 9. The second-order valence-corrected chi connectivity index (χ2v) is 5.24. The Kier molecular flexibility index (Phi) is 7.01. The molecule has 1 saturated carbocycles. The van der Waals surface area contributed by atoms with Crippen LogP contribution in [0.25, 0.3) is 0 Å². The van der Waals surface area contributed by atoms with Crippen molar-refractivity contribution in [1.29, 1.82) is 0 Å². The summed E-state index contributed by atoms with van der Waals surface area (Å²) < 4.78 is 5.48. The summed E-state index contributed by atoms with van der Waals surface area (Å²) in [6.45, 7) is 7.40. The van der Waals surface area contributed by atoms with Crippen molar-refractivity contribution in [1.82, 2.24) is 10.6 Å². The summed E-state index contributed by atoms with van der Waals surface area (Å²) in [6, 6.07) is -0.0622. The third-order valence-electron chi connectivity index (χ3n) is 2.81. The summed E-state index contributed by atoms with van der Waals surface area (Å²) >= 11 is 0. The molecule has 17 heavy (non-hydrogen) atoms. The monoisotopic (exact) mass is 242 g/mol. The summed E-state index contributed by atoms with van der Waals surface area (Å²) in [5.74, 6) is 1.45. The zero-order valence-corrected chi connectivity index (χ0v) is 11.1. The van der Waals surface area contributed by atoms with Crippen molar-refractivity contribution >= 4 is 6.03 Å². The van der Waals surface area contributed by atoms with Crippen molar-refractivity contribution < 1.29 is 9.53 Å². The molecule has 1 aliphatic rings. The van der Waals surface area contributed by atoms with E-state index in [1.165, 1.54) is 12.8 Å². The van der Waals surface area contributed by atoms with Crippen LogP contribution in [0.4, 0.5) is 4.79 Å². The molecule has 0 unspecified atom stereocenters. The molecule has 1 rings (SSSR count). The highest BCUT2D eigenvalue weighted by atomic mass is 16.5. The average molecular weight is 242 g/mol. The van der Waals surface area contributed by atoms with Crippen molar-refractivity contribution in [2.45, 2.75) is 39.5 Å². The minimum Gasteiger partial charge on any atom is -0.381 e. The van der Waals surface area contributed by atoms with E-state index >= 15 is 0 Å². The Labute approximate surface area is 104 Å². The van der Waals surface area contributed by atoms with Gasteiger partial charge in [-0.05, 0) is 37.5 Å². The molecule has 0 spiro atoms. The Morgan fingerprint density at radius 3 is 2.65 bits per heavy atom. The molecule has 0 saturated heterocycles. The Morgan fingerprint density at radius 1 is 1.29 bits per heavy atom. The second-order valence-electron chi connectivity index (χ2n) is 5.24. The Hall–Kier alpha value is -0.770. The molecule has 2 amide bonds. The first-order valence-corrected chi connectivity index (χ1v) is 6.78. The highest BCUT2D eigenvalue weighted by Crippen LogP contribution is 2.28. The minimum atomic E-state index is -0.0622. The van der Waals surface area contributed by atoms with Gasteiger partial charge in [0.1, 0.15) is 0 Å². The van der Waals surface area contributed by atoms with E-state index in [1.54, 1.807) is 0 Å². The number of carbonyl (C=O) groups excluding carboxylic acids is 1. The van der Waals surface area contributed by atoms with Crippen molar-refractivity contribution in [3.05, 3.63) is 0 Å². The van der Waals surface area contributed by atoms with Crippen LogP contribution in [-0.4, -0.2) is 32.3 Å². The number of hydrogen-bond donors (Lipinski definition) is 2. The SMILES string of the molecule is CC(C)CCNC(=O)NCCCOCC1CC1. The summed E-state index contributed by atoms with van der Waals surface area (Å²) in [6.07, 6.45) is 4.58. The first kappa shape index (κ1) is 14.3. The van der Waals surface area contributed by atoms with Crippen LogP contribution in [0.1, 0.15) is 39.5 Å². The zero-order chi connectivity index (χ0) is 12.5.